The topological polar surface area (TPSA) is 104 Å². The van der Waals surface area contributed by atoms with Gasteiger partial charge in [0.05, 0.1) is 37.1 Å². The SMILES string of the molecule is CCO[C@@H](C(C[C@@H](C)[C@H]1C[C@H](O)C(C)(C)[C@]1(C)CC[C@]12CCC[C@H]3C(C)(C)[C@@H](O[C@H]4CN(C5CN(CCO)C5)CCO4)CC[C@@]31C2)OC)C(C)(C)O. The third-order valence-corrected chi connectivity index (χ3v) is 16.9. The van der Waals surface area contributed by atoms with Gasteiger partial charge in [-0.25, -0.2) is 0 Å². The molecule has 6 aliphatic rings. The van der Waals surface area contributed by atoms with E-state index in [1.54, 1.807) is 7.11 Å². The van der Waals surface area contributed by atoms with Crippen LogP contribution in [0.5, 0.6) is 0 Å². The first-order chi connectivity index (χ1) is 24.4. The highest BCUT2D eigenvalue weighted by atomic mass is 16.7. The van der Waals surface area contributed by atoms with Crippen molar-refractivity contribution in [2.24, 2.45) is 44.8 Å². The summed E-state index contributed by atoms with van der Waals surface area (Å²) < 4.78 is 25.3. The number of morpholine rings is 1. The highest BCUT2D eigenvalue weighted by molar-refractivity contribution is 5.24. The van der Waals surface area contributed by atoms with E-state index in [0.717, 1.165) is 65.0 Å². The van der Waals surface area contributed by atoms with Gasteiger partial charge in [-0.15, -0.1) is 0 Å². The fourth-order valence-corrected chi connectivity index (χ4v) is 13.3. The smallest absolute Gasteiger partial charge is 0.170 e. The van der Waals surface area contributed by atoms with Crippen LogP contribution in [0, 0.1) is 44.8 Å². The molecule has 4 saturated carbocycles. The van der Waals surface area contributed by atoms with Crippen LogP contribution >= 0.6 is 0 Å². The number of aliphatic hydroxyl groups excluding tert-OH is 2. The molecule has 0 amide bonds. The van der Waals surface area contributed by atoms with Crippen molar-refractivity contribution < 1.29 is 34.3 Å². The molecule has 3 N–H and O–H groups in total. The summed E-state index contributed by atoms with van der Waals surface area (Å²) in [5.41, 5.74) is -0.304. The Morgan fingerprint density at radius 1 is 1.02 bits per heavy atom. The molecule has 9 nitrogen and oxygen atoms in total. The Morgan fingerprint density at radius 3 is 2.40 bits per heavy atom. The zero-order valence-electron chi connectivity index (χ0n) is 34.8. The number of aliphatic hydroxyl groups is 3. The molecule has 302 valence electrons. The van der Waals surface area contributed by atoms with Crippen molar-refractivity contribution in [3.8, 4) is 0 Å². The lowest BCUT2D eigenvalue weighted by Crippen LogP contribution is -2.63. The summed E-state index contributed by atoms with van der Waals surface area (Å²) in [4.78, 5) is 4.89. The van der Waals surface area contributed by atoms with E-state index < -0.39 is 11.7 Å². The summed E-state index contributed by atoms with van der Waals surface area (Å²) in [5.74, 6) is 1.34. The van der Waals surface area contributed by atoms with Crippen LogP contribution in [0.15, 0.2) is 0 Å². The van der Waals surface area contributed by atoms with Gasteiger partial charge in [0.25, 0.3) is 0 Å². The Kier molecular flexibility index (Phi) is 12.1. The number of hydrogen-bond donors (Lipinski definition) is 3. The molecule has 1 spiro atoms. The molecule has 0 aromatic heterocycles. The van der Waals surface area contributed by atoms with Crippen LogP contribution in [-0.4, -0.2) is 127 Å². The van der Waals surface area contributed by atoms with Gasteiger partial charge >= 0.3 is 0 Å². The predicted octanol–water partition coefficient (Wildman–Crippen LogP) is 6.11. The molecule has 2 saturated heterocycles. The van der Waals surface area contributed by atoms with E-state index in [9.17, 15) is 15.3 Å². The van der Waals surface area contributed by atoms with Crippen LogP contribution in [0.3, 0.4) is 0 Å². The molecule has 2 aliphatic heterocycles. The fourth-order valence-electron chi connectivity index (χ4n) is 13.3. The van der Waals surface area contributed by atoms with Crippen LogP contribution < -0.4 is 0 Å². The first kappa shape index (κ1) is 41.3. The third kappa shape index (κ3) is 7.21. The van der Waals surface area contributed by atoms with Crippen LogP contribution in [0.4, 0.5) is 0 Å². The second kappa shape index (κ2) is 15.2. The number of rotatable bonds is 16. The summed E-state index contributed by atoms with van der Waals surface area (Å²) in [6.07, 6.45) is 10.8. The summed E-state index contributed by atoms with van der Waals surface area (Å²) in [7, 11) is 1.74. The van der Waals surface area contributed by atoms with Gasteiger partial charge in [-0.05, 0) is 123 Å². The van der Waals surface area contributed by atoms with Gasteiger partial charge in [-0.2, -0.15) is 0 Å². The van der Waals surface area contributed by atoms with E-state index in [4.69, 9.17) is 18.9 Å². The zero-order chi connectivity index (χ0) is 37.9. The summed E-state index contributed by atoms with van der Waals surface area (Å²) >= 11 is 0. The largest absolute Gasteiger partial charge is 0.395 e. The molecule has 2 heterocycles. The monoisotopic (exact) mass is 735 g/mol. The number of β-amino-alcohol motifs (C(OH)–C–C–N with tert-alkyl or cyclic N) is 1. The Hall–Kier alpha value is -0.360. The Balaban J connectivity index is 1.11. The van der Waals surface area contributed by atoms with Gasteiger partial charge in [0.2, 0.25) is 0 Å². The summed E-state index contributed by atoms with van der Waals surface area (Å²) in [6.45, 7) is 26.2. The van der Waals surface area contributed by atoms with Crippen molar-refractivity contribution in [1.82, 2.24) is 9.80 Å². The molecule has 1 unspecified atom stereocenters. The minimum atomic E-state index is -1.01. The minimum absolute atomic E-state index is 0.0129. The maximum atomic E-state index is 11.6. The van der Waals surface area contributed by atoms with Crippen molar-refractivity contribution in [3.63, 3.8) is 0 Å². The van der Waals surface area contributed by atoms with Gasteiger partial charge in [-0.3, -0.25) is 9.80 Å². The standard InChI is InChI=1S/C43H78N2O7/c1-11-50-37(40(7,8)48)32(49-10)23-29(2)31-24-34(47)39(5,6)41(31,9)17-18-42-15-12-13-33-38(3,4)35(14-16-43(33,42)28-42)52-36-27-45(20-22-51-36)30-25-44(26-30)19-21-46/h29-37,46-48H,11-28H2,1-10H3/t29-,31-,32?,33+,34+,35+,36+,37+,41-,42+,43-/m1/s1. The van der Waals surface area contributed by atoms with Crippen molar-refractivity contribution in [2.75, 3.05) is 59.7 Å². The molecule has 0 aromatic carbocycles. The number of ether oxygens (including phenoxy) is 4. The highest BCUT2D eigenvalue weighted by Crippen LogP contribution is 2.82. The van der Waals surface area contributed by atoms with E-state index in [1.807, 2.05) is 20.8 Å². The van der Waals surface area contributed by atoms with Crippen LogP contribution in [0.25, 0.3) is 0 Å². The number of hydrogen-bond acceptors (Lipinski definition) is 9. The van der Waals surface area contributed by atoms with E-state index in [-0.39, 0.29) is 47.5 Å². The first-order valence-electron chi connectivity index (χ1n) is 21.3. The lowest BCUT2D eigenvalue weighted by molar-refractivity contribution is -0.247. The third-order valence-electron chi connectivity index (χ3n) is 16.9. The van der Waals surface area contributed by atoms with Crippen LogP contribution in [-0.2, 0) is 18.9 Å². The molecule has 0 bridgehead atoms. The van der Waals surface area contributed by atoms with Gasteiger partial charge in [0, 0.05) is 52.5 Å². The molecular weight excluding hydrogens is 656 g/mol. The van der Waals surface area contributed by atoms with E-state index in [0.29, 0.717) is 41.2 Å². The first-order valence-corrected chi connectivity index (χ1v) is 21.3. The summed E-state index contributed by atoms with van der Waals surface area (Å²) in [6, 6.07) is 0.547. The molecule has 0 radical (unpaired) electrons. The predicted molar refractivity (Wildman–Crippen MR) is 205 cm³/mol. The summed E-state index contributed by atoms with van der Waals surface area (Å²) in [5, 5.41) is 31.9. The molecule has 4 aliphatic carbocycles. The number of methoxy groups -OCH3 is 1. The number of likely N-dealkylation sites (tertiary alicyclic amines) is 1. The zero-order valence-corrected chi connectivity index (χ0v) is 34.8. The van der Waals surface area contributed by atoms with Crippen LogP contribution in [0.1, 0.15) is 127 Å². The number of nitrogens with zero attached hydrogens (tertiary/aromatic N) is 2. The maximum absolute atomic E-state index is 11.6. The Labute approximate surface area is 316 Å². The fraction of sp³-hybridized carbons (Fsp3) is 1.00. The quantitative estimate of drug-likeness (QED) is 0.173. The maximum Gasteiger partial charge on any atom is 0.170 e. The lowest BCUT2D eigenvalue weighted by Gasteiger charge is -2.55. The second-order valence-corrected chi connectivity index (χ2v) is 20.5. The van der Waals surface area contributed by atoms with Crippen molar-refractivity contribution in [2.45, 2.75) is 169 Å². The Morgan fingerprint density at radius 2 is 1.75 bits per heavy atom. The van der Waals surface area contributed by atoms with Gasteiger partial charge < -0.3 is 34.3 Å². The second-order valence-electron chi connectivity index (χ2n) is 20.5. The average molecular weight is 735 g/mol. The normalized spacial score (nSPS) is 41.1. The average Bonchev–Trinajstić information content (AvgIpc) is 3.70. The minimum Gasteiger partial charge on any atom is -0.395 e. The van der Waals surface area contributed by atoms with E-state index in [2.05, 4.69) is 51.3 Å². The van der Waals surface area contributed by atoms with Gasteiger partial charge in [-0.1, -0.05) is 48.0 Å². The molecule has 9 heteroatoms. The molecule has 6 fully saturated rings. The van der Waals surface area contributed by atoms with Crippen LogP contribution in [0.2, 0.25) is 0 Å². The molecule has 11 atom stereocenters. The molecular formula is C43H78N2O7. The molecule has 0 aromatic rings. The lowest BCUT2D eigenvalue weighted by atomic mass is 9.52. The van der Waals surface area contributed by atoms with Gasteiger partial charge in [0.15, 0.2) is 6.29 Å². The Bertz CT molecular complexity index is 1200. The van der Waals surface area contributed by atoms with Crippen molar-refractivity contribution >= 4 is 0 Å². The van der Waals surface area contributed by atoms with E-state index >= 15 is 0 Å². The molecule has 52 heavy (non-hydrogen) atoms. The molecule has 6 rings (SSSR count). The highest BCUT2D eigenvalue weighted by Gasteiger charge is 2.75. The van der Waals surface area contributed by atoms with Gasteiger partial charge in [0.1, 0.15) is 6.10 Å². The van der Waals surface area contributed by atoms with Crippen molar-refractivity contribution in [3.05, 3.63) is 0 Å². The van der Waals surface area contributed by atoms with E-state index in [1.165, 1.54) is 38.5 Å². The van der Waals surface area contributed by atoms with Crippen molar-refractivity contribution in [1.29, 1.82) is 0 Å².